The summed E-state index contributed by atoms with van der Waals surface area (Å²) in [6.07, 6.45) is -3.95. The Morgan fingerprint density at radius 2 is 1.33 bits per heavy atom. The number of thiazole rings is 1. The van der Waals surface area contributed by atoms with Crippen LogP contribution in [0.5, 0.6) is 0 Å². The van der Waals surface area contributed by atoms with Gasteiger partial charge in [0.05, 0.1) is 41.6 Å². The molecule has 1 aliphatic carbocycles. The zero-order valence-corrected chi connectivity index (χ0v) is 59.4. The molecule has 4 aliphatic rings. The molecule has 2 atom stereocenters. The third-order valence-electron chi connectivity index (χ3n) is 19.3. The number of ether oxygens (including phenoxy) is 3. The summed E-state index contributed by atoms with van der Waals surface area (Å²) in [6, 6.07) is 31.9. The van der Waals surface area contributed by atoms with Crippen LogP contribution < -0.4 is 10.6 Å². The van der Waals surface area contributed by atoms with Crippen molar-refractivity contribution in [3.8, 4) is 11.1 Å². The molecule has 100 heavy (non-hydrogen) atoms. The highest BCUT2D eigenvalue weighted by molar-refractivity contribution is 7.13. The summed E-state index contributed by atoms with van der Waals surface area (Å²) in [5.74, 6) is -1.78. The van der Waals surface area contributed by atoms with Gasteiger partial charge in [-0.1, -0.05) is 91.3 Å². The highest BCUT2D eigenvalue weighted by Gasteiger charge is 2.50. The van der Waals surface area contributed by atoms with Gasteiger partial charge in [-0.05, 0) is 130 Å². The van der Waals surface area contributed by atoms with E-state index in [1.807, 2.05) is 79.2 Å². The first kappa shape index (κ1) is 80.2. The molecule has 5 amide bonds. The number of piperidine rings is 2. The third-order valence-corrected chi connectivity index (χ3v) is 20.1. The third kappa shape index (κ3) is 20.8. The highest BCUT2D eigenvalue weighted by Crippen LogP contribution is 2.49. The topological polar surface area (TPSA) is 169 Å². The van der Waals surface area contributed by atoms with Crippen molar-refractivity contribution in [2.24, 2.45) is 0 Å². The molecule has 0 radical (unpaired) electrons. The fourth-order valence-electron chi connectivity index (χ4n) is 13.5. The van der Waals surface area contributed by atoms with Crippen LogP contribution in [0.2, 0.25) is 0 Å². The zero-order chi connectivity index (χ0) is 68.9. The average Bonchev–Trinajstić information content (AvgIpc) is 1.58. The molecule has 10 rings (SSSR count). The van der Waals surface area contributed by atoms with Crippen molar-refractivity contribution in [1.82, 2.24) is 34.4 Å². The molecule has 1 spiro atoms. The van der Waals surface area contributed by atoms with Crippen LogP contribution in [-0.4, -0.2) is 183 Å². The number of aromatic nitrogens is 1. The Kier molecular flexibility index (Phi) is 29.0. The SMILES string of the molecule is CN(CCN1CCC(OC(=O)Nc2ccccc2-c2ccccc2)CC1)C(=O)CCCCCNc1nc(CC(=O)N(C)CCCN(C)C(=O)CO[C@H]2Cc3ccccc3C23CCN(CC[C@@]2(c4ccc(F)cc4)CN(C(=O)c4cc(C(F)(F)F)cc(C(F)(F)F)c4)CO2)CC3)cs1.Cl.Cl.Cl. The number of alkyl halides is 6. The minimum Gasteiger partial charge on any atom is -0.446 e. The lowest BCUT2D eigenvalue weighted by molar-refractivity contribution is -0.143. The van der Waals surface area contributed by atoms with E-state index in [1.165, 1.54) is 35.6 Å². The van der Waals surface area contributed by atoms with Crippen LogP contribution in [0.4, 0.5) is 46.3 Å². The van der Waals surface area contributed by atoms with Gasteiger partial charge in [0, 0.05) is 102 Å². The molecule has 1 aromatic heterocycles. The molecular formula is C72H87Cl3F7N9O8S. The van der Waals surface area contributed by atoms with Gasteiger partial charge >= 0.3 is 18.4 Å². The summed E-state index contributed by atoms with van der Waals surface area (Å²) in [7, 11) is 5.30. The van der Waals surface area contributed by atoms with Crippen molar-refractivity contribution in [3.05, 3.63) is 172 Å². The number of nitrogens with zero attached hydrogens (tertiary/aromatic N) is 7. The minimum atomic E-state index is -5.15. The Hall–Kier alpha value is -7.10. The molecule has 544 valence electrons. The van der Waals surface area contributed by atoms with Crippen molar-refractivity contribution in [2.45, 2.75) is 113 Å². The van der Waals surface area contributed by atoms with E-state index in [4.69, 9.17) is 14.2 Å². The normalized spacial score (nSPS) is 17.7. The molecule has 3 saturated heterocycles. The second-order valence-electron chi connectivity index (χ2n) is 25.8. The van der Waals surface area contributed by atoms with Crippen LogP contribution in [0.15, 0.2) is 127 Å². The number of amides is 5. The van der Waals surface area contributed by atoms with Gasteiger partial charge in [-0.25, -0.2) is 14.2 Å². The van der Waals surface area contributed by atoms with Gasteiger partial charge in [-0.15, -0.1) is 48.6 Å². The van der Waals surface area contributed by atoms with Gasteiger partial charge in [0.2, 0.25) is 17.7 Å². The number of hydrogen-bond donors (Lipinski definition) is 2. The van der Waals surface area contributed by atoms with Gasteiger partial charge in [-0.2, -0.15) is 26.3 Å². The van der Waals surface area contributed by atoms with E-state index in [0.29, 0.717) is 107 Å². The summed E-state index contributed by atoms with van der Waals surface area (Å²) in [4.78, 5) is 81.8. The molecule has 17 nitrogen and oxygen atoms in total. The fraction of sp³-hybridized carbons (Fsp3) is 0.472. The Balaban J connectivity index is 0.00000468. The number of benzene rings is 5. The van der Waals surface area contributed by atoms with E-state index in [-0.39, 0.29) is 99.2 Å². The first-order chi connectivity index (χ1) is 46.4. The molecule has 3 fully saturated rings. The largest absolute Gasteiger partial charge is 0.446 e. The zero-order valence-electron chi connectivity index (χ0n) is 56.1. The number of rotatable bonds is 27. The molecule has 4 heterocycles. The summed E-state index contributed by atoms with van der Waals surface area (Å²) in [5.41, 5.74) is 0.414. The van der Waals surface area contributed by atoms with Crippen LogP contribution in [0.25, 0.3) is 11.1 Å². The van der Waals surface area contributed by atoms with Crippen molar-refractivity contribution >= 4 is 89.1 Å². The predicted octanol–water partition coefficient (Wildman–Crippen LogP) is 13.6. The molecule has 6 aromatic rings. The summed E-state index contributed by atoms with van der Waals surface area (Å²) < 4.78 is 116. The predicted molar refractivity (Wildman–Crippen MR) is 377 cm³/mol. The Labute approximate surface area is 601 Å². The quantitative estimate of drug-likeness (QED) is 0.0370. The second-order valence-corrected chi connectivity index (χ2v) is 26.7. The van der Waals surface area contributed by atoms with E-state index < -0.39 is 64.6 Å². The lowest BCUT2D eigenvalue weighted by Crippen LogP contribution is -2.50. The summed E-state index contributed by atoms with van der Waals surface area (Å²) >= 11 is 1.44. The highest BCUT2D eigenvalue weighted by atomic mass is 35.5. The van der Waals surface area contributed by atoms with E-state index in [9.17, 15) is 54.7 Å². The number of carbonyl (C=O) groups is 5. The standard InChI is InChI=1S/C72H84F7N9O8S.3ClH/c1-83(64(90)45-57-47-97-67(81-57)80-31-13-5-8-21-63(89)85(3)39-40-86-34-26-58(27-35-86)96-68(93)82-61-20-12-10-18-59(61)50-15-6-4-7-16-50)32-14-33-84(2)65(91)46-94-62-43-51-17-9-11-19-60(51)69(62)28-36-87(37-29-69)38-30-70(53-22-24-56(73)25-23-53)48-88(49-95-70)66(92)52-41-54(71(74,75)76)44-55(42-52)72(77,78)79;;;/h4,6-7,9-12,15-20,22-25,41-42,44,47,58,62H,5,8,13-14,21,26-40,43,45-46,48-49H2,1-3H3,(H,80,81)(H,82,93);3*1H/t62-,70-;;;/m0.../s1. The van der Waals surface area contributed by atoms with Gasteiger partial charge < -0.3 is 48.9 Å². The number of unbranched alkanes of at least 4 members (excludes halogenated alkanes) is 2. The number of fused-ring (bicyclic) bond motifs is 2. The monoisotopic (exact) mass is 1480 g/mol. The molecule has 5 aromatic carbocycles. The van der Waals surface area contributed by atoms with E-state index in [0.717, 1.165) is 84.0 Å². The molecule has 0 bridgehead atoms. The van der Waals surface area contributed by atoms with Crippen molar-refractivity contribution in [3.63, 3.8) is 0 Å². The molecule has 0 saturated carbocycles. The number of likely N-dealkylation sites (N-methyl/N-ethyl adjacent to an activating group) is 3. The lowest BCUT2D eigenvalue weighted by Gasteiger charge is -2.44. The number of hydrogen-bond acceptors (Lipinski definition) is 13. The summed E-state index contributed by atoms with van der Waals surface area (Å²) in [6.45, 7) is 5.28. The van der Waals surface area contributed by atoms with Gasteiger partial charge in [0.1, 0.15) is 30.9 Å². The van der Waals surface area contributed by atoms with Gasteiger partial charge in [0.25, 0.3) is 5.91 Å². The molecule has 0 unspecified atom stereocenters. The Bertz CT molecular complexity index is 3650. The number of halogens is 10. The molecular weight excluding hydrogens is 1390 g/mol. The van der Waals surface area contributed by atoms with Gasteiger partial charge in [-0.3, -0.25) is 24.5 Å². The maximum absolute atomic E-state index is 14.2. The van der Waals surface area contributed by atoms with Crippen molar-refractivity contribution < 1.29 is 68.9 Å². The van der Waals surface area contributed by atoms with Crippen LogP contribution >= 0.6 is 48.6 Å². The molecule has 2 N–H and O–H groups in total. The van der Waals surface area contributed by atoms with Crippen LogP contribution in [0.1, 0.15) is 108 Å². The maximum Gasteiger partial charge on any atom is 0.416 e. The second kappa shape index (κ2) is 36.2. The van der Waals surface area contributed by atoms with Crippen LogP contribution in [0, 0.1) is 5.82 Å². The molecule has 28 heteroatoms. The number of likely N-dealkylation sites (tertiary alicyclic amines) is 2. The Morgan fingerprint density at radius 3 is 2.02 bits per heavy atom. The van der Waals surface area contributed by atoms with Crippen LogP contribution in [-0.2, 0) is 64.8 Å². The smallest absolute Gasteiger partial charge is 0.416 e. The Morgan fingerprint density at radius 1 is 0.700 bits per heavy atom. The lowest BCUT2D eigenvalue weighted by atomic mass is 9.72. The number of para-hydroxylation sites is 1. The van der Waals surface area contributed by atoms with E-state index >= 15 is 0 Å². The summed E-state index contributed by atoms with van der Waals surface area (Å²) in [5, 5.41) is 8.88. The van der Waals surface area contributed by atoms with Gasteiger partial charge in [0.15, 0.2) is 5.13 Å². The first-order valence-electron chi connectivity index (χ1n) is 33.1. The minimum absolute atomic E-state index is 0. The first-order valence-corrected chi connectivity index (χ1v) is 34.0. The van der Waals surface area contributed by atoms with Crippen molar-refractivity contribution in [2.75, 3.05) is 117 Å². The van der Waals surface area contributed by atoms with E-state index in [2.05, 4.69) is 37.6 Å². The fourth-order valence-corrected chi connectivity index (χ4v) is 14.3. The molecule has 3 aliphatic heterocycles. The van der Waals surface area contributed by atoms with E-state index in [1.54, 1.807) is 28.8 Å². The number of nitrogens with one attached hydrogen (secondary N) is 2. The average molecular weight is 1480 g/mol. The van der Waals surface area contributed by atoms with Crippen LogP contribution in [0.3, 0.4) is 0 Å². The number of anilines is 2. The van der Waals surface area contributed by atoms with Crippen molar-refractivity contribution in [1.29, 1.82) is 0 Å². The number of carbonyl (C=O) groups excluding carboxylic acids is 5. The maximum atomic E-state index is 14.2.